The average molecular weight is 331 g/mol. The van der Waals surface area contributed by atoms with Gasteiger partial charge in [0.05, 0.1) is 10.6 Å². The monoisotopic (exact) mass is 330 g/mol. The van der Waals surface area contributed by atoms with E-state index in [-0.39, 0.29) is 22.4 Å². The van der Waals surface area contributed by atoms with Crippen molar-refractivity contribution in [2.45, 2.75) is 20.0 Å². The predicted molar refractivity (Wildman–Crippen MR) is 80.3 cm³/mol. The summed E-state index contributed by atoms with van der Waals surface area (Å²) in [5.74, 6) is -0.273. The minimum atomic E-state index is -4.61. The SMILES string of the molecule is CC.O=Cc1cccc(O)c1-c1ccc(Cl)c(C(F)(F)F)c1. The van der Waals surface area contributed by atoms with Gasteiger partial charge in [-0.15, -0.1) is 0 Å². The number of phenols is 1. The third-order valence-corrected chi connectivity index (χ3v) is 3.09. The molecular weight excluding hydrogens is 317 g/mol. The van der Waals surface area contributed by atoms with Gasteiger partial charge in [0, 0.05) is 11.1 Å². The van der Waals surface area contributed by atoms with Gasteiger partial charge in [0.2, 0.25) is 0 Å². The Hall–Kier alpha value is -2.01. The quantitative estimate of drug-likeness (QED) is 0.731. The van der Waals surface area contributed by atoms with E-state index in [1.165, 1.54) is 24.3 Å². The molecule has 0 fully saturated rings. The Morgan fingerprint density at radius 1 is 1.14 bits per heavy atom. The van der Waals surface area contributed by atoms with E-state index in [1.807, 2.05) is 13.8 Å². The fourth-order valence-corrected chi connectivity index (χ4v) is 2.09. The van der Waals surface area contributed by atoms with Gasteiger partial charge in [0.1, 0.15) is 5.75 Å². The summed E-state index contributed by atoms with van der Waals surface area (Å²) in [6, 6.07) is 7.35. The maximum atomic E-state index is 12.8. The molecular formula is C16H14ClF3O2. The van der Waals surface area contributed by atoms with E-state index in [9.17, 15) is 23.1 Å². The summed E-state index contributed by atoms with van der Waals surface area (Å²) in [6.45, 7) is 4.00. The first-order chi connectivity index (χ1) is 10.3. The lowest BCUT2D eigenvalue weighted by Gasteiger charge is -2.13. The number of hydrogen-bond acceptors (Lipinski definition) is 2. The Morgan fingerprint density at radius 3 is 2.32 bits per heavy atom. The number of hydrogen-bond donors (Lipinski definition) is 1. The summed E-state index contributed by atoms with van der Waals surface area (Å²) >= 11 is 5.53. The van der Waals surface area contributed by atoms with Crippen molar-refractivity contribution < 1.29 is 23.1 Å². The lowest BCUT2D eigenvalue weighted by molar-refractivity contribution is -0.137. The molecule has 118 valence electrons. The average Bonchev–Trinajstić information content (AvgIpc) is 2.48. The van der Waals surface area contributed by atoms with Crippen LogP contribution >= 0.6 is 11.6 Å². The van der Waals surface area contributed by atoms with Crippen LogP contribution in [0.5, 0.6) is 5.75 Å². The van der Waals surface area contributed by atoms with Crippen LogP contribution in [0.15, 0.2) is 36.4 Å². The Bertz CT molecular complexity index is 667. The fraction of sp³-hybridized carbons (Fsp3) is 0.188. The number of benzene rings is 2. The second kappa shape index (κ2) is 7.31. The highest BCUT2D eigenvalue weighted by atomic mass is 35.5. The van der Waals surface area contributed by atoms with Gasteiger partial charge in [0.25, 0.3) is 0 Å². The highest BCUT2D eigenvalue weighted by molar-refractivity contribution is 6.31. The first-order valence-electron chi connectivity index (χ1n) is 6.49. The summed E-state index contributed by atoms with van der Waals surface area (Å²) in [5, 5.41) is 9.33. The number of aromatic hydroxyl groups is 1. The molecule has 0 heterocycles. The third kappa shape index (κ3) is 3.80. The number of halogens is 4. The molecule has 0 aliphatic rings. The smallest absolute Gasteiger partial charge is 0.417 e. The second-order valence-corrected chi connectivity index (χ2v) is 4.46. The van der Waals surface area contributed by atoms with Crippen molar-refractivity contribution in [2.75, 3.05) is 0 Å². The zero-order valence-electron chi connectivity index (χ0n) is 11.9. The van der Waals surface area contributed by atoms with Gasteiger partial charge in [-0.2, -0.15) is 13.2 Å². The number of aldehydes is 1. The summed E-state index contributed by atoms with van der Waals surface area (Å²) in [4.78, 5) is 10.9. The van der Waals surface area contributed by atoms with E-state index in [4.69, 9.17) is 11.6 Å². The van der Waals surface area contributed by atoms with Crippen molar-refractivity contribution in [3.63, 3.8) is 0 Å². The van der Waals surface area contributed by atoms with Crippen LogP contribution in [0.4, 0.5) is 13.2 Å². The van der Waals surface area contributed by atoms with Gasteiger partial charge in [0.15, 0.2) is 6.29 Å². The van der Waals surface area contributed by atoms with Gasteiger partial charge in [-0.1, -0.05) is 43.6 Å². The van der Waals surface area contributed by atoms with Gasteiger partial charge in [-0.3, -0.25) is 4.79 Å². The number of carbonyl (C=O) groups is 1. The van der Waals surface area contributed by atoms with Crippen LogP contribution in [0.1, 0.15) is 29.8 Å². The standard InChI is InChI=1S/C14H8ClF3O2.C2H6/c15-11-5-4-8(6-10(11)14(16,17)18)13-9(7-19)2-1-3-12(13)20;1-2/h1-7,20H;1-2H3. The van der Waals surface area contributed by atoms with Crippen LogP contribution in [-0.2, 0) is 6.18 Å². The molecule has 0 radical (unpaired) electrons. The summed E-state index contributed by atoms with van der Waals surface area (Å²) in [6.07, 6.45) is -4.14. The second-order valence-electron chi connectivity index (χ2n) is 4.05. The predicted octanol–water partition coefficient (Wildman–Crippen LogP) is 5.57. The normalized spacial score (nSPS) is 10.6. The van der Waals surface area contributed by atoms with Crippen LogP contribution in [0, 0.1) is 0 Å². The third-order valence-electron chi connectivity index (χ3n) is 2.76. The molecule has 6 heteroatoms. The van der Waals surface area contributed by atoms with E-state index >= 15 is 0 Å². The van der Waals surface area contributed by atoms with E-state index in [0.29, 0.717) is 6.29 Å². The number of phenolic OH excluding ortho intramolecular Hbond substituents is 1. The molecule has 0 bridgehead atoms. The molecule has 0 aliphatic heterocycles. The van der Waals surface area contributed by atoms with Crippen LogP contribution in [0.3, 0.4) is 0 Å². The highest BCUT2D eigenvalue weighted by Crippen LogP contribution is 2.39. The zero-order chi connectivity index (χ0) is 16.9. The molecule has 0 amide bonds. The molecule has 1 N–H and O–H groups in total. The Labute approximate surface area is 131 Å². The van der Waals surface area contributed by atoms with Gasteiger partial charge < -0.3 is 5.11 Å². The van der Waals surface area contributed by atoms with Gasteiger partial charge >= 0.3 is 6.18 Å². The maximum absolute atomic E-state index is 12.8. The van der Waals surface area contributed by atoms with E-state index < -0.39 is 16.8 Å². The van der Waals surface area contributed by atoms with E-state index in [0.717, 1.165) is 12.1 Å². The molecule has 2 aromatic carbocycles. The lowest BCUT2D eigenvalue weighted by atomic mass is 9.97. The van der Waals surface area contributed by atoms with Crippen LogP contribution < -0.4 is 0 Å². The van der Waals surface area contributed by atoms with Crippen molar-refractivity contribution in [1.82, 2.24) is 0 Å². The van der Waals surface area contributed by atoms with Crippen molar-refractivity contribution in [3.05, 3.63) is 52.5 Å². The fourth-order valence-electron chi connectivity index (χ4n) is 1.87. The molecule has 0 saturated carbocycles. The number of rotatable bonds is 2. The molecule has 0 aliphatic carbocycles. The molecule has 2 rings (SSSR count). The van der Waals surface area contributed by atoms with Crippen LogP contribution in [-0.4, -0.2) is 11.4 Å². The molecule has 22 heavy (non-hydrogen) atoms. The van der Waals surface area contributed by atoms with Gasteiger partial charge in [-0.25, -0.2) is 0 Å². The summed E-state index contributed by atoms with van der Waals surface area (Å²) in [5.41, 5.74) is -0.802. The largest absolute Gasteiger partial charge is 0.507 e. The van der Waals surface area contributed by atoms with E-state index in [2.05, 4.69) is 0 Å². The first kappa shape index (κ1) is 18.0. The van der Waals surface area contributed by atoms with Crippen molar-refractivity contribution in [2.24, 2.45) is 0 Å². The summed E-state index contributed by atoms with van der Waals surface area (Å²) < 4.78 is 38.4. The molecule has 2 nitrogen and oxygen atoms in total. The lowest BCUT2D eigenvalue weighted by Crippen LogP contribution is -2.06. The molecule has 2 aromatic rings. The van der Waals surface area contributed by atoms with Crippen molar-refractivity contribution in [1.29, 1.82) is 0 Å². The molecule has 0 unspecified atom stereocenters. The molecule has 0 aromatic heterocycles. The van der Waals surface area contributed by atoms with Crippen LogP contribution in [0.2, 0.25) is 5.02 Å². The Kier molecular flexibility index (Phi) is 6.00. The first-order valence-corrected chi connectivity index (χ1v) is 6.86. The number of carbonyl (C=O) groups excluding carboxylic acids is 1. The number of alkyl halides is 3. The van der Waals surface area contributed by atoms with Crippen molar-refractivity contribution in [3.8, 4) is 16.9 Å². The molecule has 0 saturated heterocycles. The zero-order valence-corrected chi connectivity index (χ0v) is 12.7. The van der Waals surface area contributed by atoms with Crippen LogP contribution in [0.25, 0.3) is 11.1 Å². The maximum Gasteiger partial charge on any atom is 0.417 e. The van der Waals surface area contributed by atoms with Crippen molar-refractivity contribution >= 4 is 17.9 Å². The van der Waals surface area contributed by atoms with E-state index in [1.54, 1.807) is 0 Å². The Balaban J connectivity index is 0.00000116. The molecule has 0 atom stereocenters. The Morgan fingerprint density at radius 2 is 1.77 bits per heavy atom. The van der Waals surface area contributed by atoms with Gasteiger partial charge in [-0.05, 0) is 23.8 Å². The molecule has 0 spiro atoms. The minimum absolute atomic E-state index is 0.0460. The minimum Gasteiger partial charge on any atom is -0.507 e. The highest BCUT2D eigenvalue weighted by Gasteiger charge is 2.33. The summed E-state index contributed by atoms with van der Waals surface area (Å²) in [7, 11) is 0. The topological polar surface area (TPSA) is 37.3 Å².